The SMILES string of the molecule is O=C(NCc1cccc(OCCN2CCOCC2)c1)C1(c2ccc(F)cc2)CCOCC1. The lowest BCUT2D eigenvalue weighted by molar-refractivity contribution is -0.130. The molecule has 2 aliphatic rings. The fourth-order valence-electron chi connectivity index (χ4n) is 4.35. The predicted octanol–water partition coefficient (Wildman–Crippen LogP) is 2.90. The zero-order valence-corrected chi connectivity index (χ0v) is 18.4. The molecule has 7 heteroatoms. The van der Waals surface area contributed by atoms with Crippen LogP contribution >= 0.6 is 0 Å². The first-order chi connectivity index (χ1) is 15.7. The van der Waals surface area contributed by atoms with Gasteiger partial charge in [-0.15, -0.1) is 0 Å². The average molecular weight is 443 g/mol. The number of nitrogens with one attached hydrogen (secondary N) is 1. The van der Waals surface area contributed by atoms with E-state index in [4.69, 9.17) is 14.2 Å². The lowest BCUT2D eigenvalue weighted by atomic mass is 9.73. The van der Waals surface area contributed by atoms with Gasteiger partial charge < -0.3 is 19.5 Å². The molecule has 32 heavy (non-hydrogen) atoms. The highest BCUT2D eigenvalue weighted by Gasteiger charge is 2.41. The summed E-state index contributed by atoms with van der Waals surface area (Å²) in [5.74, 6) is 0.442. The van der Waals surface area contributed by atoms with Crippen LogP contribution in [0.15, 0.2) is 48.5 Å². The smallest absolute Gasteiger partial charge is 0.231 e. The van der Waals surface area contributed by atoms with E-state index in [0.29, 0.717) is 39.2 Å². The van der Waals surface area contributed by atoms with Crippen molar-refractivity contribution in [3.8, 4) is 5.75 Å². The van der Waals surface area contributed by atoms with E-state index >= 15 is 0 Å². The molecule has 172 valence electrons. The Morgan fingerprint density at radius 1 is 1.03 bits per heavy atom. The van der Waals surface area contributed by atoms with Crippen LogP contribution in [0.5, 0.6) is 5.75 Å². The third-order valence-corrected chi connectivity index (χ3v) is 6.31. The molecule has 4 rings (SSSR count). The highest BCUT2D eigenvalue weighted by atomic mass is 19.1. The summed E-state index contributed by atoms with van der Waals surface area (Å²) in [4.78, 5) is 15.6. The van der Waals surface area contributed by atoms with Gasteiger partial charge in [0.15, 0.2) is 0 Å². The van der Waals surface area contributed by atoms with Crippen molar-refractivity contribution in [1.82, 2.24) is 10.2 Å². The van der Waals surface area contributed by atoms with E-state index in [1.807, 2.05) is 24.3 Å². The van der Waals surface area contributed by atoms with Crippen molar-refractivity contribution in [2.45, 2.75) is 24.8 Å². The van der Waals surface area contributed by atoms with Gasteiger partial charge in [0.2, 0.25) is 5.91 Å². The number of carbonyl (C=O) groups is 1. The molecule has 1 amide bonds. The first-order valence-electron chi connectivity index (χ1n) is 11.3. The molecule has 2 fully saturated rings. The summed E-state index contributed by atoms with van der Waals surface area (Å²) in [6.07, 6.45) is 1.16. The zero-order valence-electron chi connectivity index (χ0n) is 18.4. The first-order valence-corrected chi connectivity index (χ1v) is 11.3. The van der Waals surface area contributed by atoms with Crippen LogP contribution in [-0.4, -0.2) is 63.5 Å². The van der Waals surface area contributed by atoms with Crippen LogP contribution < -0.4 is 10.1 Å². The molecule has 0 saturated carbocycles. The van der Waals surface area contributed by atoms with Crippen molar-refractivity contribution < 1.29 is 23.4 Å². The fourth-order valence-corrected chi connectivity index (χ4v) is 4.35. The second-order valence-electron chi connectivity index (χ2n) is 8.33. The van der Waals surface area contributed by atoms with Crippen LogP contribution in [0.2, 0.25) is 0 Å². The average Bonchev–Trinajstić information content (AvgIpc) is 2.84. The quantitative estimate of drug-likeness (QED) is 0.681. The second-order valence-corrected chi connectivity index (χ2v) is 8.33. The number of morpholine rings is 1. The standard InChI is InChI=1S/C25H31FN2O4/c26-22-6-4-21(5-7-22)25(8-13-30-14-9-25)24(29)27-19-20-2-1-3-23(18-20)32-17-12-28-10-15-31-16-11-28/h1-7,18H,8-17,19H2,(H,27,29). The highest BCUT2D eigenvalue weighted by Crippen LogP contribution is 2.35. The van der Waals surface area contributed by atoms with Gasteiger partial charge in [-0.25, -0.2) is 4.39 Å². The number of carbonyl (C=O) groups excluding carboxylic acids is 1. The lowest BCUT2D eigenvalue weighted by Crippen LogP contribution is -2.47. The molecule has 0 spiro atoms. The number of benzene rings is 2. The van der Waals surface area contributed by atoms with E-state index in [1.54, 1.807) is 12.1 Å². The summed E-state index contributed by atoms with van der Waals surface area (Å²) in [5.41, 5.74) is 1.11. The Morgan fingerprint density at radius 2 is 1.75 bits per heavy atom. The Bertz CT molecular complexity index is 878. The van der Waals surface area contributed by atoms with E-state index in [1.165, 1.54) is 12.1 Å². The van der Waals surface area contributed by atoms with Crippen molar-refractivity contribution in [1.29, 1.82) is 0 Å². The van der Waals surface area contributed by atoms with Gasteiger partial charge in [0.1, 0.15) is 18.2 Å². The summed E-state index contributed by atoms with van der Waals surface area (Å²) in [7, 11) is 0. The molecule has 0 atom stereocenters. The van der Waals surface area contributed by atoms with Gasteiger partial charge in [-0.05, 0) is 48.2 Å². The number of hydrogen-bond donors (Lipinski definition) is 1. The summed E-state index contributed by atoms with van der Waals surface area (Å²) >= 11 is 0. The van der Waals surface area contributed by atoms with Gasteiger partial charge in [-0.2, -0.15) is 0 Å². The number of amides is 1. The summed E-state index contributed by atoms with van der Waals surface area (Å²) in [6, 6.07) is 14.1. The van der Waals surface area contributed by atoms with E-state index in [-0.39, 0.29) is 11.7 Å². The first kappa shape index (κ1) is 22.7. The number of ether oxygens (including phenoxy) is 3. The third-order valence-electron chi connectivity index (χ3n) is 6.31. The third kappa shape index (κ3) is 5.65. The highest BCUT2D eigenvalue weighted by molar-refractivity contribution is 5.88. The van der Waals surface area contributed by atoms with Gasteiger partial charge in [0, 0.05) is 39.4 Å². The second kappa shape index (κ2) is 10.9. The molecule has 2 aromatic carbocycles. The van der Waals surface area contributed by atoms with Crippen LogP contribution in [0.25, 0.3) is 0 Å². The van der Waals surface area contributed by atoms with E-state index in [9.17, 15) is 9.18 Å². The van der Waals surface area contributed by atoms with Crippen molar-refractivity contribution in [2.75, 3.05) is 52.7 Å². The number of nitrogens with zero attached hydrogens (tertiary/aromatic N) is 1. The van der Waals surface area contributed by atoms with Crippen LogP contribution in [0.4, 0.5) is 4.39 Å². The Balaban J connectivity index is 1.35. The fraction of sp³-hybridized carbons (Fsp3) is 0.480. The molecule has 2 aromatic rings. The Kier molecular flexibility index (Phi) is 7.73. The van der Waals surface area contributed by atoms with Crippen LogP contribution in [0, 0.1) is 5.82 Å². The van der Waals surface area contributed by atoms with E-state index in [2.05, 4.69) is 10.2 Å². The molecular weight excluding hydrogens is 411 g/mol. The molecule has 1 N–H and O–H groups in total. The molecule has 0 bridgehead atoms. The van der Waals surface area contributed by atoms with Gasteiger partial charge >= 0.3 is 0 Å². The minimum Gasteiger partial charge on any atom is -0.492 e. The molecule has 2 aliphatic heterocycles. The Morgan fingerprint density at radius 3 is 2.50 bits per heavy atom. The summed E-state index contributed by atoms with van der Waals surface area (Å²) in [5, 5.41) is 3.09. The van der Waals surface area contributed by atoms with Crippen LogP contribution in [0.3, 0.4) is 0 Å². The molecule has 0 aromatic heterocycles. The van der Waals surface area contributed by atoms with Crippen molar-refractivity contribution in [3.63, 3.8) is 0 Å². The molecule has 2 saturated heterocycles. The monoisotopic (exact) mass is 442 g/mol. The van der Waals surface area contributed by atoms with Crippen LogP contribution in [-0.2, 0) is 26.2 Å². The van der Waals surface area contributed by atoms with Gasteiger partial charge in [-0.3, -0.25) is 9.69 Å². The minimum absolute atomic E-state index is 0.0500. The topological polar surface area (TPSA) is 60.0 Å². The maximum Gasteiger partial charge on any atom is 0.231 e. The summed E-state index contributed by atoms with van der Waals surface area (Å²) in [6.45, 7) is 6.35. The molecule has 0 radical (unpaired) electrons. The van der Waals surface area contributed by atoms with E-state index in [0.717, 1.165) is 49.7 Å². The Hall–Kier alpha value is -2.48. The van der Waals surface area contributed by atoms with Crippen molar-refractivity contribution in [2.24, 2.45) is 0 Å². The Labute approximate surface area is 188 Å². The number of halogens is 1. The van der Waals surface area contributed by atoms with Crippen molar-refractivity contribution >= 4 is 5.91 Å². The normalized spacial score (nSPS) is 18.8. The lowest BCUT2D eigenvalue weighted by Gasteiger charge is -2.36. The van der Waals surface area contributed by atoms with Gasteiger partial charge in [-0.1, -0.05) is 24.3 Å². The maximum absolute atomic E-state index is 13.4. The van der Waals surface area contributed by atoms with E-state index < -0.39 is 5.41 Å². The predicted molar refractivity (Wildman–Crippen MR) is 119 cm³/mol. The summed E-state index contributed by atoms with van der Waals surface area (Å²) < 4.78 is 30.2. The molecule has 6 nitrogen and oxygen atoms in total. The zero-order chi connectivity index (χ0) is 22.2. The van der Waals surface area contributed by atoms with Crippen molar-refractivity contribution in [3.05, 3.63) is 65.5 Å². The number of hydrogen-bond acceptors (Lipinski definition) is 5. The molecule has 0 aliphatic carbocycles. The van der Waals surface area contributed by atoms with Gasteiger partial charge in [0.05, 0.1) is 18.6 Å². The molecule has 0 unspecified atom stereocenters. The maximum atomic E-state index is 13.4. The minimum atomic E-state index is -0.696. The van der Waals surface area contributed by atoms with Crippen LogP contribution in [0.1, 0.15) is 24.0 Å². The molecular formula is C25H31FN2O4. The van der Waals surface area contributed by atoms with Gasteiger partial charge in [0.25, 0.3) is 0 Å². The largest absolute Gasteiger partial charge is 0.492 e. The number of rotatable bonds is 8. The molecule has 2 heterocycles.